The van der Waals surface area contributed by atoms with Crippen LogP contribution in [0.25, 0.3) is 0 Å². The summed E-state index contributed by atoms with van der Waals surface area (Å²) in [6, 6.07) is 14.9. The van der Waals surface area contributed by atoms with Crippen LogP contribution in [0.5, 0.6) is 23.1 Å². The highest BCUT2D eigenvalue weighted by molar-refractivity contribution is 5.95. The van der Waals surface area contributed by atoms with Gasteiger partial charge in [-0.1, -0.05) is 25.1 Å². The Hall–Kier alpha value is -3.81. The second-order valence-corrected chi connectivity index (χ2v) is 9.42. The Morgan fingerprint density at radius 1 is 0.917 bits per heavy atom. The molecule has 1 amide bonds. The molecule has 0 atom stereocenters. The van der Waals surface area contributed by atoms with Crippen molar-refractivity contribution in [1.29, 1.82) is 0 Å². The fourth-order valence-electron chi connectivity index (χ4n) is 4.69. The van der Waals surface area contributed by atoms with E-state index in [-0.39, 0.29) is 5.91 Å². The molecule has 2 aliphatic rings. The summed E-state index contributed by atoms with van der Waals surface area (Å²) >= 11 is 0. The molecule has 3 heterocycles. The molecule has 0 N–H and O–H groups in total. The van der Waals surface area contributed by atoms with Crippen LogP contribution in [0.4, 0.5) is 5.95 Å². The third-order valence-corrected chi connectivity index (χ3v) is 6.92. The summed E-state index contributed by atoms with van der Waals surface area (Å²) in [6.07, 6.45) is 2.89. The molecule has 5 rings (SSSR count). The molecule has 0 saturated carbocycles. The zero-order valence-corrected chi connectivity index (χ0v) is 21.1. The molecule has 0 bridgehead atoms. The number of para-hydroxylation sites is 1. The Bertz CT molecular complexity index is 1200. The van der Waals surface area contributed by atoms with Crippen LogP contribution in [-0.2, 0) is 13.0 Å². The number of amides is 1. The van der Waals surface area contributed by atoms with Crippen molar-refractivity contribution < 1.29 is 19.0 Å². The van der Waals surface area contributed by atoms with Gasteiger partial charge in [-0.2, -0.15) is 4.98 Å². The lowest BCUT2D eigenvalue weighted by molar-refractivity contribution is 0.0731. The standard InChI is InChI=1S/C28H32N4O4/c1-19-9-12-31(13-10-19)28-29-25-11-14-32(27(33)20-15-22(34-2)17-23(16-20)35-3)18-24(25)26(30-28)36-21-7-5-4-6-8-21/h4-8,15-17,19H,9-14,18H2,1-3H3. The van der Waals surface area contributed by atoms with Crippen molar-refractivity contribution >= 4 is 11.9 Å². The number of methoxy groups -OCH3 is 2. The van der Waals surface area contributed by atoms with Crippen molar-refractivity contribution in [3.05, 3.63) is 65.4 Å². The predicted molar refractivity (Wildman–Crippen MR) is 137 cm³/mol. The van der Waals surface area contributed by atoms with Crippen LogP contribution >= 0.6 is 0 Å². The van der Waals surface area contributed by atoms with Crippen molar-refractivity contribution in [3.8, 4) is 23.1 Å². The number of hydrogen-bond donors (Lipinski definition) is 0. The fourth-order valence-corrected chi connectivity index (χ4v) is 4.69. The van der Waals surface area contributed by atoms with Gasteiger partial charge in [0.05, 0.1) is 32.0 Å². The summed E-state index contributed by atoms with van der Waals surface area (Å²) in [5.74, 6) is 3.70. The van der Waals surface area contributed by atoms with Gasteiger partial charge in [-0.15, -0.1) is 0 Å². The zero-order valence-electron chi connectivity index (χ0n) is 21.1. The number of nitrogens with zero attached hydrogens (tertiary/aromatic N) is 4. The molecular formula is C28H32N4O4. The lowest BCUT2D eigenvalue weighted by Gasteiger charge is -2.33. The molecule has 36 heavy (non-hydrogen) atoms. The van der Waals surface area contributed by atoms with Crippen LogP contribution in [0.2, 0.25) is 0 Å². The highest BCUT2D eigenvalue weighted by Gasteiger charge is 2.29. The van der Waals surface area contributed by atoms with E-state index in [0.29, 0.717) is 60.1 Å². The first-order valence-electron chi connectivity index (χ1n) is 12.4. The molecule has 3 aromatic rings. The van der Waals surface area contributed by atoms with Crippen molar-refractivity contribution in [3.63, 3.8) is 0 Å². The van der Waals surface area contributed by atoms with E-state index in [2.05, 4.69) is 11.8 Å². The highest BCUT2D eigenvalue weighted by atomic mass is 16.5. The van der Waals surface area contributed by atoms with Crippen molar-refractivity contribution in [2.24, 2.45) is 5.92 Å². The molecule has 8 heteroatoms. The number of ether oxygens (including phenoxy) is 3. The summed E-state index contributed by atoms with van der Waals surface area (Å²) in [7, 11) is 3.15. The van der Waals surface area contributed by atoms with Gasteiger partial charge >= 0.3 is 0 Å². The SMILES string of the molecule is COc1cc(OC)cc(C(=O)N2CCc3nc(N4CCC(C)CC4)nc(Oc4ccccc4)c3C2)c1. The minimum absolute atomic E-state index is 0.0994. The quantitative estimate of drug-likeness (QED) is 0.497. The van der Waals surface area contributed by atoms with E-state index in [9.17, 15) is 4.79 Å². The monoisotopic (exact) mass is 488 g/mol. The molecular weight excluding hydrogens is 456 g/mol. The molecule has 1 aromatic heterocycles. The average Bonchev–Trinajstić information content (AvgIpc) is 2.93. The van der Waals surface area contributed by atoms with Gasteiger partial charge in [0.1, 0.15) is 17.2 Å². The number of fused-ring (bicyclic) bond motifs is 1. The van der Waals surface area contributed by atoms with Gasteiger partial charge in [0.25, 0.3) is 5.91 Å². The maximum Gasteiger partial charge on any atom is 0.254 e. The van der Waals surface area contributed by atoms with E-state index in [1.54, 1.807) is 37.3 Å². The van der Waals surface area contributed by atoms with Gasteiger partial charge < -0.3 is 24.0 Å². The van der Waals surface area contributed by atoms with Gasteiger partial charge in [-0.05, 0) is 43.0 Å². The van der Waals surface area contributed by atoms with E-state index in [1.165, 1.54) is 0 Å². The number of rotatable bonds is 6. The molecule has 0 spiro atoms. The number of anilines is 1. The first kappa shape index (κ1) is 23.9. The van der Waals surface area contributed by atoms with E-state index >= 15 is 0 Å². The minimum Gasteiger partial charge on any atom is -0.497 e. The zero-order chi connectivity index (χ0) is 25.1. The topological polar surface area (TPSA) is 77.0 Å². The number of piperidine rings is 1. The van der Waals surface area contributed by atoms with E-state index in [4.69, 9.17) is 24.2 Å². The second-order valence-electron chi connectivity index (χ2n) is 9.42. The molecule has 2 aromatic carbocycles. The maximum absolute atomic E-state index is 13.5. The van der Waals surface area contributed by atoms with Gasteiger partial charge in [0, 0.05) is 37.7 Å². The lowest BCUT2D eigenvalue weighted by Crippen LogP contribution is -2.38. The smallest absolute Gasteiger partial charge is 0.254 e. The molecule has 188 valence electrons. The first-order chi connectivity index (χ1) is 17.5. The van der Waals surface area contributed by atoms with Crippen molar-refractivity contribution in [2.75, 3.05) is 38.8 Å². The molecule has 0 unspecified atom stereocenters. The van der Waals surface area contributed by atoms with Crippen LogP contribution < -0.4 is 19.1 Å². The Labute approximate surface area is 211 Å². The number of carbonyl (C=O) groups is 1. The third kappa shape index (κ3) is 5.08. The van der Waals surface area contributed by atoms with E-state index < -0.39 is 0 Å². The van der Waals surface area contributed by atoms with Gasteiger partial charge in [-0.3, -0.25) is 4.79 Å². The lowest BCUT2D eigenvalue weighted by atomic mass is 9.99. The fraction of sp³-hybridized carbons (Fsp3) is 0.393. The summed E-state index contributed by atoms with van der Waals surface area (Å²) in [4.78, 5) is 27.3. The van der Waals surface area contributed by atoms with E-state index in [0.717, 1.165) is 37.2 Å². The van der Waals surface area contributed by atoms with Crippen LogP contribution in [0, 0.1) is 5.92 Å². The second kappa shape index (κ2) is 10.4. The number of carbonyl (C=O) groups excluding carboxylic acids is 1. The molecule has 1 fully saturated rings. The van der Waals surface area contributed by atoms with Crippen LogP contribution in [0.3, 0.4) is 0 Å². The summed E-state index contributed by atoms with van der Waals surface area (Å²) < 4.78 is 17.0. The average molecular weight is 489 g/mol. The predicted octanol–water partition coefficient (Wildman–Crippen LogP) is 4.72. The summed E-state index contributed by atoms with van der Waals surface area (Å²) in [6.45, 7) is 5.09. The molecule has 0 radical (unpaired) electrons. The Balaban J connectivity index is 1.46. The number of hydrogen-bond acceptors (Lipinski definition) is 7. The molecule has 2 aliphatic heterocycles. The third-order valence-electron chi connectivity index (χ3n) is 6.92. The molecule has 0 aliphatic carbocycles. The van der Waals surface area contributed by atoms with Crippen molar-refractivity contribution in [2.45, 2.75) is 32.7 Å². The summed E-state index contributed by atoms with van der Waals surface area (Å²) in [5.41, 5.74) is 2.31. The minimum atomic E-state index is -0.0994. The largest absolute Gasteiger partial charge is 0.497 e. The molecule has 1 saturated heterocycles. The Morgan fingerprint density at radius 2 is 1.61 bits per heavy atom. The number of aromatic nitrogens is 2. The summed E-state index contributed by atoms with van der Waals surface area (Å²) in [5, 5.41) is 0. The molecule has 8 nitrogen and oxygen atoms in total. The van der Waals surface area contributed by atoms with Crippen LogP contribution in [0.15, 0.2) is 48.5 Å². The van der Waals surface area contributed by atoms with Crippen molar-refractivity contribution in [1.82, 2.24) is 14.9 Å². The first-order valence-corrected chi connectivity index (χ1v) is 12.4. The normalized spacial score (nSPS) is 15.9. The highest BCUT2D eigenvalue weighted by Crippen LogP contribution is 2.33. The van der Waals surface area contributed by atoms with Gasteiger partial charge in [-0.25, -0.2) is 4.98 Å². The maximum atomic E-state index is 13.5. The van der Waals surface area contributed by atoms with Gasteiger partial charge in [0.2, 0.25) is 11.8 Å². The van der Waals surface area contributed by atoms with Gasteiger partial charge in [0.15, 0.2) is 0 Å². The van der Waals surface area contributed by atoms with E-state index in [1.807, 2.05) is 30.3 Å². The van der Waals surface area contributed by atoms with Crippen LogP contribution in [0.1, 0.15) is 41.4 Å². The van der Waals surface area contributed by atoms with Crippen LogP contribution in [-0.4, -0.2) is 54.6 Å². The Kier molecular flexibility index (Phi) is 6.93. The number of benzene rings is 2. The Morgan fingerprint density at radius 3 is 2.28 bits per heavy atom.